The van der Waals surface area contributed by atoms with Gasteiger partial charge in [-0.25, -0.2) is 4.68 Å². The van der Waals surface area contributed by atoms with Crippen molar-refractivity contribution in [1.29, 1.82) is 0 Å². The average Bonchev–Trinajstić information content (AvgIpc) is 2.59. The summed E-state index contributed by atoms with van der Waals surface area (Å²) >= 11 is 1.16. The molecule has 72 valence electrons. The number of hydrogen-bond donors (Lipinski definition) is 2. The molecule has 0 saturated heterocycles. The van der Waals surface area contributed by atoms with Gasteiger partial charge in [-0.2, -0.15) is 5.10 Å². The van der Waals surface area contributed by atoms with Crippen LogP contribution in [0.25, 0.3) is 0 Å². The number of aromatic nitrogens is 2. The molecule has 1 aromatic rings. The molecule has 1 aliphatic heterocycles. The highest BCUT2D eigenvalue weighted by Crippen LogP contribution is 2.29. The minimum Gasteiger partial charge on any atom is -0.477 e. The largest absolute Gasteiger partial charge is 0.477 e. The van der Waals surface area contributed by atoms with Crippen LogP contribution in [-0.2, 0) is 6.54 Å². The van der Waals surface area contributed by atoms with Crippen LogP contribution in [0.1, 0.15) is 0 Å². The summed E-state index contributed by atoms with van der Waals surface area (Å²) in [4.78, 5) is 0.885. The van der Waals surface area contributed by atoms with Crippen LogP contribution in [0.4, 0.5) is 0 Å². The zero-order valence-electron chi connectivity index (χ0n) is 7.14. The Kier molecular flexibility index (Phi) is 2.43. The number of nitrogens with zero attached hydrogens (tertiary/aromatic N) is 2. The molecular weight excluding hydrogens is 188 g/mol. The number of rotatable bonds is 2. The Bertz CT molecular complexity index is 301. The van der Waals surface area contributed by atoms with Crippen LogP contribution < -0.4 is 15.6 Å². The van der Waals surface area contributed by atoms with E-state index < -0.39 is 0 Å². The Labute approximate surface area is 80.5 Å². The quantitative estimate of drug-likeness (QED) is 0.647. The van der Waals surface area contributed by atoms with Gasteiger partial charge in [-0.05, 0) is 11.9 Å². The lowest BCUT2D eigenvalue weighted by atomic mass is 10.1. The molecule has 6 heteroatoms. The highest BCUT2D eigenvalue weighted by Gasteiger charge is 2.21. The predicted molar refractivity (Wildman–Crippen MR) is 50.3 cm³/mol. The first kappa shape index (κ1) is 8.86. The maximum absolute atomic E-state index is 5.55. The molecule has 13 heavy (non-hydrogen) atoms. The molecule has 0 saturated carbocycles. The maximum atomic E-state index is 5.55. The van der Waals surface area contributed by atoms with Gasteiger partial charge in [-0.1, -0.05) is 0 Å². The molecule has 0 bridgehead atoms. The summed E-state index contributed by atoms with van der Waals surface area (Å²) in [5.41, 5.74) is 5.55. The van der Waals surface area contributed by atoms with Gasteiger partial charge >= 0.3 is 0 Å². The summed E-state index contributed by atoms with van der Waals surface area (Å²) in [5.74, 6) is 1.14. The van der Waals surface area contributed by atoms with Crippen LogP contribution >= 0.6 is 11.9 Å². The molecule has 1 unspecified atom stereocenters. The van der Waals surface area contributed by atoms with Gasteiger partial charge < -0.3 is 10.5 Å². The molecule has 2 rings (SSSR count). The summed E-state index contributed by atoms with van der Waals surface area (Å²) in [5, 5.41) is 9.61. The van der Waals surface area contributed by atoms with Crippen LogP contribution in [0, 0.1) is 5.92 Å². The summed E-state index contributed by atoms with van der Waals surface area (Å²) in [6.45, 7) is 2.12. The lowest BCUT2D eigenvalue weighted by Gasteiger charge is -2.23. The van der Waals surface area contributed by atoms with Gasteiger partial charge in [-0.15, -0.1) is 0 Å². The lowest BCUT2D eigenvalue weighted by Crippen LogP contribution is -2.31. The van der Waals surface area contributed by atoms with E-state index in [2.05, 4.69) is 5.10 Å². The smallest absolute Gasteiger partial charge is 0.227 e. The molecule has 1 aliphatic rings. The molecule has 4 N–H and O–H groups in total. The predicted octanol–water partition coefficient (Wildman–Crippen LogP) is -0.184. The van der Waals surface area contributed by atoms with E-state index in [4.69, 9.17) is 15.6 Å². The van der Waals surface area contributed by atoms with E-state index in [1.54, 1.807) is 6.20 Å². The van der Waals surface area contributed by atoms with E-state index in [1.165, 1.54) is 0 Å². The van der Waals surface area contributed by atoms with Crippen molar-refractivity contribution in [1.82, 2.24) is 9.78 Å². The number of fused-ring (bicyclic) bond motifs is 1. The van der Waals surface area contributed by atoms with Gasteiger partial charge in [0.1, 0.15) is 4.90 Å². The van der Waals surface area contributed by atoms with E-state index in [9.17, 15) is 0 Å². The Morgan fingerprint density at radius 3 is 3.31 bits per heavy atom. The molecule has 0 spiro atoms. The van der Waals surface area contributed by atoms with Crippen molar-refractivity contribution in [3.8, 4) is 5.88 Å². The van der Waals surface area contributed by atoms with Gasteiger partial charge in [-0.3, -0.25) is 5.14 Å². The SMILES string of the molecule is NCC1COc2c(SN)cnn2C1. The molecule has 0 aromatic carbocycles. The normalized spacial score (nSPS) is 20.9. The minimum atomic E-state index is 0.364. The van der Waals surface area contributed by atoms with Gasteiger partial charge in [0.15, 0.2) is 0 Å². The second-order valence-corrected chi connectivity index (χ2v) is 3.70. The Balaban J connectivity index is 2.22. The van der Waals surface area contributed by atoms with Crippen LogP contribution in [0.5, 0.6) is 5.88 Å². The first-order valence-electron chi connectivity index (χ1n) is 4.10. The fourth-order valence-electron chi connectivity index (χ4n) is 1.35. The Morgan fingerprint density at radius 2 is 2.62 bits per heavy atom. The third kappa shape index (κ3) is 1.52. The van der Waals surface area contributed by atoms with E-state index in [1.807, 2.05) is 4.68 Å². The summed E-state index contributed by atoms with van der Waals surface area (Å²) in [6.07, 6.45) is 1.72. The van der Waals surface area contributed by atoms with Crippen LogP contribution in [-0.4, -0.2) is 22.9 Å². The molecule has 0 aliphatic carbocycles. The maximum Gasteiger partial charge on any atom is 0.227 e. The van der Waals surface area contributed by atoms with Gasteiger partial charge in [0.05, 0.1) is 19.3 Å². The molecular formula is C7H12N4OS. The van der Waals surface area contributed by atoms with Crippen molar-refractivity contribution in [3.05, 3.63) is 6.20 Å². The highest BCUT2D eigenvalue weighted by atomic mass is 32.2. The highest BCUT2D eigenvalue weighted by molar-refractivity contribution is 7.97. The van der Waals surface area contributed by atoms with Crippen LogP contribution in [0.15, 0.2) is 11.1 Å². The topological polar surface area (TPSA) is 79.1 Å². The molecule has 5 nitrogen and oxygen atoms in total. The fraction of sp³-hybridized carbons (Fsp3) is 0.571. The number of ether oxygens (including phenoxy) is 1. The average molecular weight is 200 g/mol. The van der Waals surface area contributed by atoms with Crippen molar-refractivity contribution in [3.63, 3.8) is 0 Å². The number of hydrogen-bond acceptors (Lipinski definition) is 5. The third-order valence-electron chi connectivity index (χ3n) is 2.11. The zero-order valence-corrected chi connectivity index (χ0v) is 7.96. The van der Waals surface area contributed by atoms with E-state index in [0.29, 0.717) is 19.1 Å². The molecule has 0 radical (unpaired) electrons. The van der Waals surface area contributed by atoms with Crippen molar-refractivity contribution < 1.29 is 4.74 Å². The summed E-state index contributed by atoms with van der Waals surface area (Å²) in [6, 6.07) is 0. The Morgan fingerprint density at radius 1 is 1.77 bits per heavy atom. The van der Waals surface area contributed by atoms with E-state index in [-0.39, 0.29) is 0 Å². The van der Waals surface area contributed by atoms with Gasteiger partial charge in [0.2, 0.25) is 5.88 Å². The molecule has 2 heterocycles. The summed E-state index contributed by atoms with van der Waals surface area (Å²) < 4.78 is 7.32. The minimum absolute atomic E-state index is 0.364. The monoisotopic (exact) mass is 200 g/mol. The third-order valence-corrected chi connectivity index (χ3v) is 2.64. The summed E-state index contributed by atoms with van der Waals surface area (Å²) in [7, 11) is 0. The van der Waals surface area contributed by atoms with E-state index >= 15 is 0 Å². The second-order valence-electron chi connectivity index (χ2n) is 3.03. The fourth-order valence-corrected chi connectivity index (χ4v) is 1.72. The first-order chi connectivity index (χ1) is 6.35. The molecule has 1 aromatic heterocycles. The zero-order chi connectivity index (χ0) is 9.26. The van der Waals surface area contributed by atoms with Crippen molar-refractivity contribution in [2.75, 3.05) is 13.2 Å². The van der Waals surface area contributed by atoms with Crippen LogP contribution in [0.3, 0.4) is 0 Å². The standard InChI is InChI=1S/C7H12N4OS/c8-1-5-3-11-7(12-4-5)6(13-9)2-10-11/h2,5H,1,3-4,8-9H2. The number of nitrogens with two attached hydrogens (primary N) is 2. The molecule has 0 fully saturated rings. The first-order valence-corrected chi connectivity index (χ1v) is 4.98. The molecule has 0 amide bonds. The Hall–Kier alpha value is -0.720. The van der Waals surface area contributed by atoms with Crippen molar-refractivity contribution in [2.24, 2.45) is 16.8 Å². The van der Waals surface area contributed by atoms with Crippen LogP contribution in [0.2, 0.25) is 0 Å². The van der Waals surface area contributed by atoms with Gasteiger partial charge in [0.25, 0.3) is 0 Å². The van der Waals surface area contributed by atoms with Crippen molar-refractivity contribution in [2.45, 2.75) is 11.4 Å². The molecule has 1 atom stereocenters. The second kappa shape index (κ2) is 3.57. The van der Waals surface area contributed by atoms with Gasteiger partial charge in [0, 0.05) is 12.5 Å². The van der Waals surface area contributed by atoms with Crippen molar-refractivity contribution >= 4 is 11.9 Å². The lowest BCUT2D eigenvalue weighted by molar-refractivity contribution is 0.164. The van der Waals surface area contributed by atoms with E-state index in [0.717, 1.165) is 29.3 Å².